The van der Waals surface area contributed by atoms with E-state index in [1.807, 2.05) is 13.8 Å². The van der Waals surface area contributed by atoms with E-state index in [0.29, 0.717) is 10.6 Å². The molecule has 2 fully saturated rings. The molecule has 5 heteroatoms. The van der Waals surface area contributed by atoms with Crippen molar-refractivity contribution in [1.82, 2.24) is 4.90 Å². The third kappa shape index (κ3) is 1.79. The van der Waals surface area contributed by atoms with Crippen molar-refractivity contribution in [3.63, 3.8) is 0 Å². The number of nitrogens with zero attached hydrogens (tertiary/aromatic N) is 1. The summed E-state index contributed by atoms with van der Waals surface area (Å²) >= 11 is 5.83. The minimum atomic E-state index is -0.270. The maximum absolute atomic E-state index is 12.1. The predicted molar refractivity (Wildman–Crippen MR) is 73.3 cm³/mol. The van der Waals surface area contributed by atoms with Crippen LogP contribution in [0.5, 0.6) is 0 Å². The topological polar surface area (TPSA) is 54.5 Å². The Labute approximate surface area is 121 Å². The molecule has 2 aliphatic rings. The fourth-order valence-corrected chi connectivity index (χ4v) is 3.25. The quantitative estimate of drug-likeness (QED) is 0.633. The predicted octanol–water partition coefficient (Wildman–Crippen LogP) is 2.16. The van der Waals surface area contributed by atoms with Crippen LogP contribution in [-0.4, -0.2) is 29.0 Å². The van der Waals surface area contributed by atoms with Crippen LogP contribution in [0.4, 0.5) is 0 Å². The van der Waals surface area contributed by atoms with Crippen LogP contribution in [0.2, 0.25) is 5.02 Å². The SMILES string of the molecule is CC1(C)C2C(=O)N(CC(=O)c3cccc(Cl)c3)C(=O)C21. The Morgan fingerprint density at radius 2 is 1.85 bits per heavy atom. The van der Waals surface area contributed by atoms with Crippen molar-refractivity contribution in [2.24, 2.45) is 17.3 Å². The highest BCUT2D eigenvalue weighted by Crippen LogP contribution is 2.63. The number of halogens is 1. The highest BCUT2D eigenvalue weighted by Gasteiger charge is 2.72. The standard InChI is InChI=1S/C15H14ClNO3/c1-15(2)11-12(15)14(20)17(13(11)19)7-10(18)8-4-3-5-9(16)6-8/h3-6,11-12H,7H2,1-2H3. The van der Waals surface area contributed by atoms with Gasteiger partial charge in [0.25, 0.3) is 0 Å². The number of hydrogen-bond donors (Lipinski definition) is 0. The molecule has 0 spiro atoms. The second-order valence-electron chi connectivity index (χ2n) is 5.97. The molecular formula is C15H14ClNO3. The van der Waals surface area contributed by atoms with Gasteiger partial charge >= 0.3 is 0 Å². The van der Waals surface area contributed by atoms with Gasteiger partial charge in [0.1, 0.15) is 0 Å². The summed E-state index contributed by atoms with van der Waals surface area (Å²) in [5.74, 6) is -1.21. The summed E-state index contributed by atoms with van der Waals surface area (Å²) in [6.07, 6.45) is 0. The van der Waals surface area contributed by atoms with Crippen LogP contribution in [0.3, 0.4) is 0 Å². The fourth-order valence-electron chi connectivity index (χ4n) is 3.06. The van der Waals surface area contributed by atoms with Crippen LogP contribution in [0.25, 0.3) is 0 Å². The van der Waals surface area contributed by atoms with Crippen molar-refractivity contribution < 1.29 is 14.4 Å². The van der Waals surface area contributed by atoms with E-state index in [4.69, 9.17) is 11.6 Å². The van der Waals surface area contributed by atoms with E-state index in [1.165, 1.54) is 0 Å². The van der Waals surface area contributed by atoms with Crippen molar-refractivity contribution in [3.8, 4) is 0 Å². The monoisotopic (exact) mass is 291 g/mol. The van der Waals surface area contributed by atoms with E-state index < -0.39 is 0 Å². The summed E-state index contributed by atoms with van der Waals surface area (Å²) in [5, 5.41) is 0.457. The van der Waals surface area contributed by atoms with Gasteiger partial charge < -0.3 is 0 Å². The average Bonchev–Trinajstić information content (AvgIpc) is 2.86. The number of Topliss-reactive ketones (excluding diaryl/α,β-unsaturated/α-hetero) is 1. The van der Waals surface area contributed by atoms with Gasteiger partial charge in [0, 0.05) is 10.6 Å². The van der Waals surface area contributed by atoms with Gasteiger partial charge in [0.15, 0.2) is 5.78 Å². The number of imide groups is 1. The Balaban J connectivity index is 1.76. The molecule has 2 atom stereocenters. The van der Waals surface area contributed by atoms with Gasteiger partial charge in [0.2, 0.25) is 11.8 Å². The van der Waals surface area contributed by atoms with Crippen LogP contribution in [0.1, 0.15) is 24.2 Å². The first-order valence-electron chi connectivity index (χ1n) is 6.48. The first-order chi connectivity index (χ1) is 9.34. The van der Waals surface area contributed by atoms with Crippen LogP contribution >= 0.6 is 11.6 Å². The number of benzene rings is 1. The van der Waals surface area contributed by atoms with Gasteiger partial charge in [-0.2, -0.15) is 0 Å². The highest BCUT2D eigenvalue weighted by molar-refractivity contribution is 6.31. The molecule has 1 heterocycles. The first-order valence-corrected chi connectivity index (χ1v) is 6.86. The molecular weight excluding hydrogens is 278 g/mol. The molecule has 1 aliphatic heterocycles. The van der Waals surface area contributed by atoms with Crippen molar-refractivity contribution in [2.75, 3.05) is 6.54 Å². The lowest BCUT2D eigenvalue weighted by atomic mass is 10.0. The van der Waals surface area contributed by atoms with Crippen molar-refractivity contribution in [1.29, 1.82) is 0 Å². The number of ketones is 1. The summed E-state index contributed by atoms with van der Waals surface area (Å²) in [4.78, 5) is 37.5. The van der Waals surface area contributed by atoms with Crippen LogP contribution in [-0.2, 0) is 9.59 Å². The minimum Gasteiger partial charge on any atom is -0.292 e. The Morgan fingerprint density at radius 3 is 2.40 bits per heavy atom. The van der Waals surface area contributed by atoms with E-state index >= 15 is 0 Å². The van der Waals surface area contributed by atoms with Crippen LogP contribution < -0.4 is 0 Å². The Hall–Kier alpha value is -1.68. The Kier molecular flexibility index (Phi) is 2.77. The van der Waals surface area contributed by atoms with E-state index in [1.54, 1.807) is 24.3 Å². The molecule has 0 radical (unpaired) electrons. The molecule has 104 valence electrons. The lowest BCUT2D eigenvalue weighted by Gasteiger charge is -2.19. The normalized spacial score (nSPS) is 26.6. The summed E-state index contributed by atoms with van der Waals surface area (Å²) in [6.45, 7) is 3.63. The zero-order valence-electron chi connectivity index (χ0n) is 11.2. The molecule has 0 N–H and O–H groups in total. The molecule has 20 heavy (non-hydrogen) atoms. The van der Waals surface area contributed by atoms with Gasteiger partial charge in [-0.1, -0.05) is 37.6 Å². The summed E-state index contributed by atoms with van der Waals surface area (Å²) < 4.78 is 0. The number of fused-ring (bicyclic) bond motifs is 1. The van der Waals surface area contributed by atoms with Gasteiger partial charge in [0.05, 0.1) is 18.4 Å². The zero-order valence-corrected chi connectivity index (χ0v) is 12.0. The molecule has 0 aromatic heterocycles. The van der Waals surface area contributed by atoms with Crippen molar-refractivity contribution in [2.45, 2.75) is 13.8 Å². The summed E-state index contributed by atoms with van der Waals surface area (Å²) in [7, 11) is 0. The molecule has 1 saturated carbocycles. The maximum atomic E-state index is 12.1. The molecule has 1 saturated heterocycles. The number of hydrogen-bond acceptors (Lipinski definition) is 3. The molecule has 2 unspecified atom stereocenters. The van der Waals surface area contributed by atoms with Gasteiger partial charge in [-0.15, -0.1) is 0 Å². The number of amides is 2. The van der Waals surface area contributed by atoms with Crippen LogP contribution in [0.15, 0.2) is 24.3 Å². The van der Waals surface area contributed by atoms with E-state index in [2.05, 4.69) is 0 Å². The first kappa shape index (κ1) is 13.3. The van der Waals surface area contributed by atoms with Gasteiger partial charge in [-0.25, -0.2) is 0 Å². The molecule has 1 aromatic carbocycles. The van der Waals surface area contributed by atoms with E-state index in [-0.39, 0.29) is 41.4 Å². The zero-order chi connectivity index (χ0) is 14.7. The second kappa shape index (κ2) is 4.16. The fraction of sp³-hybridized carbons (Fsp3) is 0.400. The van der Waals surface area contributed by atoms with Gasteiger partial charge in [-0.3, -0.25) is 19.3 Å². The smallest absolute Gasteiger partial charge is 0.234 e. The number of rotatable bonds is 3. The Morgan fingerprint density at radius 1 is 1.25 bits per heavy atom. The number of likely N-dealkylation sites (tertiary alicyclic amines) is 1. The van der Waals surface area contributed by atoms with Gasteiger partial charge in [-0.05, 0) is 17.5 Å². The lowest BCUT2D eigenvalue weighted by Crippen LogP contribution is -2.39. The number of carbonyl (C=O) groups is 3. The van der Waals surface area contributed by atoms with Crippen molar-refractivity contribution >= 4 is 29.2 Å². The number of carbonyl (C=O) groups excluding carboxylic acids is 3. The Bertz CT molecular complexity index is 614. The summed E-state index contributed by atoms with van der Waals surface area (Å²) in [6, 6.07) is 6.51. The molecule has 2 amide bonds. The van der Waals surface area contributed by atoms with E-state index in [0.717, 1.165) is 4.90 Å². The van der Waals surface area contributed by atoms with Crippen molar-refractivity contribution in [3.05, 3.63) is 34.9 Å². The third-order valence-corrected chi connectivity index (χ3v) is 4.57. The minimum absolute atomic E-state index is 0.193. The maximum Gasteiger partial charge on any atom is 0.234 e. The lowest BCUT2D eigenvalue weighted by molar-refractivity contribution is -0.142. The molecule has 0 bridgehead atoms. The second-order valence-corrected chi connectivity index (χ2v) is 6.41. The highest BCUT2D eigenvalue weighted by atomic mass is 35.5. The van der Waals surface area contributed by atoms with E-state index in [9.17, 15) is 14.4 Å². The third-order valence-electron chi connectivity index (χ3n) is 4.34. The number of piperidine rings is 1. The average molecular weight is 292 g/mol. The molecule has 1 aromatic rings. The largest absolute Gasteiger partial charge is 0.292 e. The molecule has 4 nitrogen and oxygen atoms in total. The molecule has 3 rings (SSSR count). The summed E-state index contributed by atoms with van der Waals surface area (Å²) in [5.41, 5.74) is 0.168. The van der Waals surface area contributed by atoms with Crippen LogP contribution in [0, 0.1) is 17.3 Å². The molecule has 1 aliphatic carbocycles.